The van der Waals surface area contributed by atoms with Crippen LogP contribution in [0.3, 0.4) is 0 Å². The van der Waals surface area contributed by atoms with Crippen LogP contribution in [-0.2, 0) is 4.52 Å². The number of hydrogen-bond acceptors (Lipinski definition) is 2. The zero-order valence-corrected chi connectivity index (χ0v) is 7.76. The zero-order chi connectivity index (χ0) is 6.95. The second kappa shape index (κ2) is 8.49. The second-order valence-corrected chi connectivity index (χ2v) is 3.08. The Kier molecular flexibility index (Phi) is 8.95. The maximum Gasteiger partial charge on any atom is 0.175 e. The lowest BCUT2D eigenvalue weighted by Crippen LogP contribution is -1.81. The fourth-order valence-corrected chi connectivity index (χ4v) is 0.968. The van der Waals surface area contributed by atoms with Crippen molar-refractivity contribution in [2.75, 3.05) is 6.61 Å². The molecule has 4 heteroatoms. The van der Waals surface area contributed by atoms with Gasteiger partial charge in [-0.15, -0.1) is 0 Å². The Hall–Kier alpha value is 0.490. The Morgan fingerprint density at radius 3 is 2.89 bits per heavy atom. The minimum Gasteiger partial charge on any atom is -0.311 e. The van der Waals surface area contributed by atoms with E-state index >= 15 is 0 Å². The van der Waals surface area contributed by atoms with Gasteiger partial charge in [-0.1, -0.05) is 19.8 Å². The molecule has 1 atom stereocenters. The minimum atomic E-state index is 0.730. The van der Waals surface area contributed by atoms with Gasteiger partial charge in [-0.05, 0) is 15.8 Å². The normalized spacial score (nSPS) is 10.9. The summed E-state index contributed by atoms with van der Waals surface area (Å²) in [5.41, 5.74) is 0. The fraction of sp³-hybridized carbons (Fsp3) is 1.00. The molecule has 0 aromatic carbocycles. The van der Waals surface area contributed by atoms with Crippen LogP contribution in [0.2, 0.25) is 0 Å². The van der Waals surface area contributed by atoms with Gasteiger partial charge in [0.2, 0.25) is 0 Å². The van der Waals surface area contributed by atoms with E-state index in [-0.39, 0.29) is 0 Å². The van der Waals surface area contributed by atoms with Gasteiger partial charge in [0.05, 0.1) is 6.61 Å². The van der Waals surface area contributed by atoms with Crippen molar-refractivity contribution in [3.63, 3.8) is 0 Å². The second-order valence-electron chi connectivity index (χ2n) is 1.74. The molecular weight excluding hydrogens is 152 g/mol. The largest absolute Gasteiger partial charge is 0.311 e. The maximum absolute atomic E-state index is 5.07. The summed E-state index contributed by atoms with van der Waals surface area (Å²) in [5.74, 6) is 0. The van der Waals surface area contributed by atoms with Gasteiger partial charge in [0.15, 0.2) is 8.60 Å². The molecule has 0 fully saturated rings. The van der Waals surface area contributed by atoms with Crippen molar-refractivity contribution in [2.24, 2.45) is 4.52 Å². The highest BCUT2D eigenvalue weighted by Crippen LogP contribution is 2.07. The maximum atomic E-state index is 5.07. The first-order valence-electron chi connectivity index (χ1n) is 3.14. The topological polar surface area (TPSA) is 21.6 Å². The first-order chi connectivity index (χ1) is 4.41. The highest BCUT2D eigenvalue weighted by Gasteiger charge is 1.83. The van der Waals surface area contributed by atoms with Gasteiger partial charge in [0.1, 0.15) is 0 Å². The van der Waals surface area contributed by atoms with E-state index in [9.17, 15) is 0 Å². The average Bonchev–Trinajstić information content (AvgIpc) is 1.89. The predicted octanol–water partition coefficient (Wildman–Crippen LogP) is 3.03. The Bertz CT molecular complexity index is 77.4. The molecule has 2 nitrogen and oxygen atoms in total. The standard InChI is InChI=1S/C5H13NOP2/c1-2-3-4-5-7-9-6-8/h2-5,8H2,1H3. The van der Waals surface area contributed by atoms with Crippen molar-refractivity contribution in [2.45, 2.75) is 26.2 Å². The molecule has 1 unspecified atom stereocenters. The van der Waals surface area contributed by atoms with Crippen molar-refractivity contribution in [1.82, 2.24) is 0 Å². The molecular formula is C5H13NOP2. The monoisotopic (exact) mass is 165 g/mol. The predicted molar refractivity (Wildman–Crippen MR) is 44.5 cm³/mol. The van der Waals surface area contributed by atoms with Gasteiger partial charge in [-0.25, -0.2) is 4.52 Å². The van der Waals surface area contributed by atoms with E-state index in [1.54, 1.807) is 0 Å². The van der Waals surface area contributed by atoms with Crippen molar-refractivity contribution < 1.29 is 4.52 Å². The van der Waals surface area contributed by atoms with Crippen LogP contribution in [0.1, 0.15) is 26.2 Å². The van der Waals surface area contributed by atoms with E-state index in [1.165, 1.54) is 12.8 Å². The summed E-state index contributed by atoms with van der Waals surface area (Å²) in [6.45, 7) is 3.02. The Balaban J connectivity index is 2.75. The van der Waals surface area contributed by atoms with Crippen LogP contribution in [0.25, 0.3) is 0 Å². The molecule has 0 rings (SSSR count). The molecule has 0 aliphatic rings. The third-order valence-corrected chi connectivity index (χ3v) is 1.62. The molecule has 0 radical (unpaired) electrons. The quantitative estimate of drug-likeness (QED) is 0.453. The van der Waals surface area contributed by atoms with Crippen LogP contribution in [0.5, 0.6) is 0 Å². The number of nitrogens with zero attached hydrogens (tertiary/aromatic N) is 1. The first-order valence-corrected chi connectivity index (χ1v) is 4.42. The van der Waals surface area contributed by atoms with Crippen molar-refractivity contribution in [3.8, 4) is 0 Å². The molecule has 0 aromatic rings. The molecule has 0 N–H and O–H groups in total. The third-order valence-electron chi connectivity index (χ3n) is 0.944. The average molecular weight is 165 g/mol. The zero-order valence-electron chi connectivity index (χ0n) is 5.71. The van der Waals surface area contributed by atoms with E-state index in [0.717, 1.165) is 21.6 Å². The molecule has 0 saturated carbocycles. The summed E-state index contributed by atoms with van der Waals surface area (Å²) in [7, 11) is 2.99. The van der Waals surface area contributed by atoms with Crippen molar-refractivity contribution in [1.29, 1.82) is 0 Å². The summed E-state index contributed by atoms with van der Waals surface area (Å²) in [5, 5.41) is 0. The Morgan fingerprint density at radius 2 is 2.33 bits per heavy atom. The molecule has 0 spiro atoms. The minimum absolute atomic E-state index is 0.730. The van der Waals surface area contributed by atoms with Gasteiger partial charge in [-0.3, -0.25) is 0 Å². The Labute approximate surface area is 60.6 Å². The number of rotatable bonds is 5. The number of hydrogen-bond donors (Lipinski definition) is 0. The van der Waals surface area contributed by atoms with Gasteiger partial charge >= 0.3 is 0 Å². The molecule has 0 aromatic heterocycles. The molecule has 0 amide bonds. The molecule has 9 heavy (non-hydrogen) atoms. The van der Waals surface area contributed by atoms with Crippen LogP contribution < -0.4 is 0 Å². The summed E-state index contributed by atoms with van der Waals surface area (Å²) >= 11 is 0. The smallest absolute Gasteiger partial charge is 0.175 e. The van der Waals surface area contributed by atoms with E-state index in [1.807, 2.05) is 0 Å². The molecule has 0 aliphatic carbocycles. The van der Waals surface area contributed by atoms with Crippen LogP contribution in [0.4, 0.5) is 0 Å². The van der Waals surface area contributed by atoms with Crippen LogP contribution in [-0.4, -0.2) is 6.61 Å². The summed E-state index contributed by atoms with van der Waals surface area (Å²) < 4.78 is 8.77. The van der Waals surface area contributed by atoms with E-state index in [4.69, 9.17) is 4.52 Å². The first kappa shape index (κ1) is 9.49. The molecule has 0 heterocycles. The van der Waals surface area contributed by atoms with E-state index < -0.39 is 0 Å². The van der Waals surface area contributed by atoms with Crippen molar-refractivity contribution in [3.05, 3.63) is 0 Å². The van der Waals surface area contributed by atoms with Crippen LogP contribution >= 0.6 is 18.0 Å². The van der Waals surface area contributed by atoms with Gasteiger partial charge in [-0.2, -0.15) is 0 Å². The van der Waals surface area contributed by atoms with Crippen molar-refractivity contribution >= 4 is 18.0 Å². The molecule has 0 bridgehead atoms. The lowest BCUT2D eigenvalue weighted by atomic mass is 10.3. The van der Waals surface area contributed by atoms with E-state index in [2.05, 4.69) is 20.8 Å². The molecule has 54 valence electrons. The van der Waals surface area contributed by atoms with E-state index in [0.29, 0.717) is 0 Å². The molecule has 0 aliphatic heterocycles. The van der Waals surface area contributed by atoms with Crippen LogP contribution in [0, 0.1) is 0 Å². The third kappa shape index (κ3) is 8.49. The highest BCUT2D eigenvalue weighted by atomic mass is 31.1. The van der Waals surface area contributed by atoms with Crippen LogP contribution in [0.15, 0.2) is 4.52 Å². The summed E-state index contributed by atoms with van der Waals surface area (Å²) in [6, 6.07) is 0. The number of unbranched alkanes of at least 4 members (excludes halogenated alkanes) is 2. The summed E-state index contributed by atoms with van der Waals surface area (Å²) in [4.78, 5) is 0. The SMILES string of the molecule is CCCCCOP=NP. The lowest BCUT2D eigenvalue weighted by Gasteiger charge is -1.92. The molecule has 0 saturated heterocycles. The Morgan fingerprint density at radius 1 is 1.56 bits per heavy atom. The van der Waals surface area contributed by atoms with Gasteiger partial charge in [0.25, 0.3) is 0 Å². The van der Waals surface area contributed by atoms with Gasteiger partial charge < -0.3 is 4.52 Å². The fourth-order valence-electron chi connectivity index (χ4n) is 0.491. The van der Waals surface area contributed by atoms with Gasteiger partial charge in [0, 0.05) is 0 Å². The summed E-state index contributed by atoms with van der Waals surface area (Å²) in [6.07, 6.45) is 3.66. The lowest BCUT2D eigenvalue weighted by molar-refractivity contribution is 0.352. The highest BCUT2D eigenvalue weighted by molar-refractivity contribution is 7.31.